The summed E-state index contributed by atoms with van der Waals surface area (Å²) in [6.07, 6.45) is 3.74. The Kier molecular flexibility index (Phi) is 3.15. The molecule has 0 amide bonds. The lowest BCUT2D eigenvalue weighted by molar-refractivity contribution is -0.00497. The van der Waals surface area contributed by atoms with E-state index in [1.807, 2.05) is 0 Å². The van der Waals surface area contributed by atoms with E-state index in [4.69, 9.17) is 10.5 Å². The van der Waals surface area contributed by atoms with Gasteiger partial charge in [-0.1, -0.05) is 0 Å². The topological polar surface area (TPSA) is 41.7 Å². The van der Waals surface area contributed by atoms with Crippen molar-refractivity contribution in [1.82, 2.24) is 9.80 Å². The van der Waals surface area contributed by atoms with Gasteiger partial charge in [-0.2, -0.15) is 0 Å². The first-order chi connectivity index (χ1) is 8.26. The molecule has 0 spiro atoms. The van der Waals surface area contributed by atoms with E-state index in [2.05, 4.69) is 16.8 Å². The summed E-state index contributed by atoms with van der Waals surface area (Å²) in [5, 5.41) is 0. The summed E-state index contributed by atoms with van der Waals surface area (Å²) in [6.45, 7) is 6.39. The van der Waals surface area contributed by atoms with Gasteiger partial charge < -0.3 is 15.4 Å². The van der Waals surface area contributed by atoms with Crippen LogP contribution in [0.2, 0.25) is 0 Å². The van der Waals surface area contributed by atoms with Crippen LogP contribution < -0.4 is 5.73 Å². The molecule has 2 N–H and O–H groups in total. The maximum atomic E-state index is 6.19. The van der Waals surface area contributed by atoms with Gasteiger partial charge in [-0.05, 0) is 45.3 Å². The maximum absolute atomic E-state index is 6.19. The number of nitrogens with two attached hydrogens (primary N) is 1. The van der Waals surface area contributed by atoms with E-state index < -0.39 is 0 Å². The number of likely N-dealkylation sites (N-methyl/N-ethyl adjacent to an activating group) is 1. The Morgan fingerprint density at radius 1 is 1.41 bits per heavy atom. The SMILES string of the molecule is CN(C1CCOC1)C1(CN)CCN2CCC1C2. The van der Waals surface area contributed by atoms with Crippen LogP contribution in [0.15, 0.2) is 0 Å². The van der Waals surface area contributed by atoms with Crippen LogP contribution >= 0.6 is 0 Å². The molecule has 4 unspecified atom stereocenters. The van der Waals surface area contributed by atoms with Crippen molar-refractivity contribution < 1.29 is 4.74 Å². The second-order valence-electron chi connectivity index (χ2n) is 5.97. The fourth-order valence-electron chi connectivity index (χ4n) is 4.10. The number of rotatable bonds is 3. The van der Waals surface area contributed by atoms with Gasteiger partial charge in [-0.15, -0.1) is 0 Å². The third-order valence-electron chi connectivity index (χ3n) is 5.40. The van der Waals surface area contributed by atoms with E-state index in [1.165, 1.54) is 38.9 Å². The molecule has 0 aromatic carbocycles. The Hall–Kier alpha value is -0.160. The Labute approximate surface area is 104 Å². The average molecular weight is 239 g/mol. The molecular formula is C13H25N3O. The molecule has 4 nitrogen and oxygen atoms in total. The van der Waals surface area contributed by atoms with Crippen molar-refractivity contribution in [1.29, 1.82) is 0 Å². The Morgan fingerprint density at radius 3 is 3.00 bits per heavy atom. The number of piperidine rings is 1. The monoisotopic (exact) mass is 239 g/mol. The highest BCUT2D eigenvalue weighted by Gasteiger charge is 2.49. The van der Waals surface area contributed by atoms with Crippen LogP contribution in [0, 0.1) is 5.92 Å². The van der Waals surface area contributed by atoms with Crippen molar-refractivity contribution in [2.24, 2.45) is 11.7 Å². The van der Waals surface area contributed by atoms with Crippen LogP contribution in [-0.2, 0) is 4.74 Å². The van der Waals surface area contributed by atoms with Gasteiger partial charge in [0.25, 0.3) is 0 Å². The van der Waals surface area contributed by atoms with Crippen molar-refractivity contribution in [2.75, 3.05) is 46.4 Å². The molecule has 4 heteroatoms. The summed E-state index contributed by atoms with van der Waals surface area (Å²) in [5.74, 6) is 0.770. The molecule has 17 heavy (non-hydrogen) atoms. The van der Waals surface area contributed by atoms with Crippen LogP contribution in [-0.4, -0.2) is 67.8 Å². The van der Waals surface area contributed by atoms with Gasteiger partial charge in [0.05, 0.1) is 6.61 Å². The van der Waals surface area contributed by atoms with Gasteiger partial charge >= 0.3 is 0 Å². The van der Waals surface area contributed by atoms with Gasteiger partial charge in [-0.25, -0.2) is 0 Å². The lowest BCUT2D eigenvalue weighted by Gasteiger charge is -2.50. The van der Waals surface area contributed by atoms with Gasteiger partial charge in [0, 0.05) is 31.3 Å². The Morgan fingerprint density at radius 2 is 2.29 bits per heavy atom. The van der Waals surface area contributed by atoms with Crippen LogP contribution in [0.3, 0.4) is 0 Å². The number of nitrogens with zero attached hydrogens (tertiary/aromatic N) is 2. The molecule has 3 heterocycles. The van der Waals surface area contributed by atoms with E-state index in [0.717, 1.165) is 25.7 Å². The molecule has 98 valence electrons. The summed E-state index contributed by atoms with van der Waals surface area (Å²) in [4.78, 5) is 5.17. The molecule has 3 fully saturated rings. The number of hydrogen-bond donors (Lipinski definition) is 1. The van der Waals surface area contributed by atoms with Gasteiger partial charge in [-0.3, -0.25) is 4.90 Å². The predicted octanol–water partition coefficient (Wildman–Crippen LogP) is 0.130. The van der Waals surface area contributed by atoms with E-state index in [-0.39, 0.29) is 5.54 Å². The average Bonchev–Trinajstić information content (AvgIpc) is 3.00. The number of hydrogen-bond acceptors (Lipinski definition) is 4. The summed E-state index contributed by atoms with van der Waals surface area (Å²) < 4.78 is 5.54. The molecule has 0 aliphatic carbocycles. The standard InChI is InChI=1S/C13H25N3O/c1-15(12-3-7-17-9-12)13(10-14)4-6-16-5-2-11(13)8-16/h11-12H,2-10,14H2,1H3. The Bertz CT molecular complexity index is 280. The maximum Gasteiger partial charge on any atom is 0.0622 e. The molecule has 3 rings (SSSR count). The van der Waals surface area contributed by atoms with Gasteiger partial charge in [0.15, 0.2) is 0 Å². The molecule has 3 saturated heterocycles. The zero-order chi connectivity index (χ0) is 11.9. The highest BCUT2D eigenvalue weighted by molar-refractivity contribution is 5.06. The van der Waals surface area contributed by atoms with Crippen molar-refractivity contribution >= 4 is 0 Å². The second kappa shape index (κ2) is 4.50. The van der Waals surface area contributed by atoms with E-state index in [0.29, 0.717) is 6.04 Å². The molecule has 3 aliphatic rings. The van der Waals surface area contributed by atoms with Crippen LogP contribution in [0.25, 0.3) is 0 Å². The first-order valence-electron chi connectivity index (χ1n) is 6.99. The minimum Gasteiger partial charge on any atom is -0.380 e. The van der Waals surface area contributed by atoms with Crippen LogP contribution in [0.5, 0.6) is 0 Å². The summed E-state index contributed by atoms with van der Waals surface area (Å²) >= 11 is 0. The molecule has 0 aromatic heterocycles. The summed E-state index contributed by atoms with van der Waals surface area (Å²) in [5.41, 5.74) is 6.43. The van der Waals surface area contributed by atoms with Gasteiger partial charge in [0.1, 0.15) is 0 Å². The fourth-order valence-corrected chi connectivity index (χ4v) is 4.10. The highest BCUT2D eigenvalue weighted by atomic mass is 16.5. The third-order valence-corrected chi connectivity index (χ3v) is 5.40. The molecule has 4 atom stereocenters. The first-order valence-corrected chi connectivity index (χ1v) is 6.99. The van der Waals surface area contributed by atoms with Crippen LogP contribution in [0.1, 0.15) is 19.3 Å². The van der Waals surface area contributed by atoms with Crippen molar-refractivity contribution in [3.8, 4) is 0 Å². The lowest BCUT2D eigenvalue weighted by atomic mass is 9.76. The Balaban J connectivity index is 1.80. The smallest absolute Gasteiger partial charge is 0.0622 e. The highest BCUT2D eigenvalue weighted by Crippen LogP contribution is 2.40. The molecule has 0 radical (unpaired) electrons. The molecule has 2 bridgehead atoms. The molecule has 3 aliphatic heterocycles. The van der Waals surface area contributed by atoms with Crippen LogP contribution in [0.4, 0.5) is 0 Å². The van der Waals surface area contributed by atoms with E-state index in [1.54, 1.807) is 0 Å². The minimum absolute atomic E-state index is 0.241. The predicted molar refractivity (Wildman–Crippen MR) is 67.9 cm³/mol. The minimum atomic E-state index is 0.241. The molecular weight excluding hydrogens is 214 g/mol. The van der Waals surface area contributed by atoms with E-state index >= 15 is 0 Å². The largest absolute Gasteiger partial charge is 0.380 e. The zero-order valence-electron chi connectivity index (χ0n) is 10.9. The lowest BCUT2D eigenvalue weighted by Crippen LogP contribution is -2.63. The molecule has 0 saturated carbocycles. The van der Waals surface area contributed by atoms with Crippen molar-refractivity contribution in [3.63, 3.8) is 0 Å². The summed E-state index contributed by atoms with van der Waals surface area (Å²) in [7, 11) is 2.28. The van der Waals surface area contributed by atoms with Gasteiger partial charge in [0.2, 0.25) is 0 Å². The quantitative estimate of drug-likeness (QED) is 0.760. The molecule has 0 aromatic rings. The number of ether oxygens (including phenoxy) is 1. The number of fused-ring (bicyclic) bond motifs is 2. The summed E-state index contributed by atoms with van der Waals surface area (Å²) in [6, 6.07) is 0.589. The van der Waals surface area contributed by atoms with Crippen molar-refractivity contribution in [3.05, 3.63) is 0 Å². The van der Waals surface area contributed by atoms with Crippen molar-refractivity contribution in [2.45, 2.75) is 30.8 Å². The normalized spacial score (nSPS) is 45.7. The second-order valence-corrected chi connectivity index (χ2v) is 5.97. The fraction of sp³-hybridized carbons (Fsp3) is 1.00. The zero-order valence-corrected chi connectivity index (χ0v) is 10.9. The van der Waals surface area contributed by atoms with E-state index in [9.17, 15) is 0 Å². The third kappa shape index (κ3) is 1.82. The first kappa shape index (κ1) is 11.9.